The van der Waals surface area contributed by atoms with Crippen molar-refractivity contribution < 1.29 is 14.6 Å². The van der Waals surface area contributed by atoms with E-state index in [0.29, 0.717) is 12.1 Å². The number of benzene rings is 1. The summed E-state index contributed by atoms with van der Waals surface area (Å²) in [6, 6.07) is 7.17. The fourth-order valence-electron chi connectivity index (χ4n) is 4.62. The van der Waals surface area contributed by atoms with E-state index >= 15 is 0 Å². The van der Waals surface area contributed by atoms with Gasteiger partial charge in [0, 0.05) is 50.4 Å². The molecule has 2 fully saturated rings. The molecule has 0 radical (unpaired) electrons. The lowest BCUT2D eigenvalue weighted by molar-refractivity contribution is 0.0134. The average molecular weight is 363 g/mol. The van der Waals surface area contributed by atoms with Crippen LogP contribution in [0.1, 0.15) is 44.1 Å². The van der Waals surface area contributed by atoms with E-state index in [9.17, 15) is 5.11 Å². The van der Waals surface area contributed by atoms with Crippen molar-refractivity contribution in [1.29, 1.82) is 0 Å². The molecule has 5 nitrogen and oxygen atoms in total. The molecular weight excluding hydrogens is 328 g/mol. The van der Waals surface area contributed by atoms with E-state index in [1.54, 1.807) is 14.2 Å². The molecule has 3 rings (SSSR count). The molecule has 1 aromatic carbocycles. The van der Waals surface area contributed by atoms with Crippen molar-refractivity contribution in [2.24, 2.45) is 0 Å². The zero-order chi connectivity index (χ0) is 18.4. The fraction of sp³-hybridized carbons (Fsp3) is 0.714. The Morgan fingerprint density at radius 3 is 2.58 bits per heavy atom. The van der Waals surface area contributed by atoms with Crippen molar-refractivity contribution in [3.63, 3.8) is 0 Å². The van der Waals surface area contributed by atoms with Crippen LogP contribution in [0.3, 0.4) is 0 Å². The van der Waals surface area contributed by atoms with Gasteiger partial charge in [-0.1, -0.05) is 19.3 Å². The maximum absolute atomic E-state index is 9.58. The number of ether oxygens (including phenoxy) is 2. The Balaban J connectivity index is 1.67. The summed E-state index contributed by atoms with van der Waals surface area (Å²) in [4.78, 5) is 5.19. The lowest BCUT2D eigenvalue weighted by atomic mass is 9.91. The van der Waals surface area contributed by atoms with Crippen molar-refractivity contribution in [3.8, 4) is 11.5 Å². The van der Waals surface area contributed by atoms with Crippen LogP contribution in [0.4, 0.5) is 0 Å². The molecule has 1 aliphatic carbocycles. The van der Waals surface area contributed by atoms with E-state index in [1.165, 1.54) is 37.7 Å². The molecule has 1 saturated heterocycles. The summed E-state index contributed by atoms with van der Waals surface area (Å²) in [7, 11) is 3.42. The highest BCUT2D eigenvalue weighted by Gasteiger charge is 2.32. The third-order valence-corrected chi connectivity index (χ3v) is 6.00. The Hall–Kier alpha value is -1.30. The van der Waals surface area contributed by atoms with Gasteiger partial charge in [0.15, 0.2) is 0 Å². The Morgan fingerprint density at radius 2 is 1.88 bits per heavy atom. The molecule has 5 heteroatoms. The van der Waals surface area contributed by atoms with Crippen LogP contribution in [-0.4, -0.2) is 67.5 Å². The second-order valence-corrected chi connectivity index (χ2v) is 7.61. The smallest absolute Gasteiger partial charge is 0.123 e. The van der Waals surface area contributed by atoms with Gasteiger partial charge in [0.2, 0.25) is 0 Å². The lowest BCUT2D eigenvalue weighted by Crippen LogP contribution is -2.56. The third-order valence-electron chi connectivity index (χ3n) is 6.00. The molecule has 1 atom stereocenters. The minimum absolute atomic E-state index is 0.268. The minimum atomic E-state index is 0.268. The molecule has 2 aliphatic rings. The number of aliphatic hydroxyl groups is 1. The number of hydrogen-bond acceptors (Lipinski definition) is 5. The van der Waals surface area contributed by atoms with Crippen molar-refractivity contribution >= 4 is 0 Å². The molecule has 0 unspecified atom stereocenters. The van der Waals surface area contributed by atoms with E-state index in [1.807, 2.05) is 12.1 Å². The molecular formula is C21H34N2O3. The summed E-state index contributed by atoms with van der Waals surface area (Å²) in [6.07, 6.45) is 7.62. The first-order valence-electron chi connectivity index (χ1n) is 10.0. The van der Waals surface area contributed by atoms with Crippen LogP contribution in [0.15, 0.2) is 18.2 Å². The van der Waals surface area contributed by atoms with Crippen molar-refractivity contribution in [2.75, 3.05) is 40.5 Å². The van der Waals surface area contributed by atoms with Gasteiger partial charge in [-0.25, -0.2) is 0 Å². The van der Waals surface area contributed by atoms with E-state index in [2.05, 4.69) is 15.9 Å². The van der Waals surface area contributed by atoms with E-state index in [0.717, 1.165) is 44.1 Å². The molecule has 146 valence electrons. The monoisotopic (exact) mass is 362 g/mol. The van der Waals surface area contributed by atoms with Crippen LogP contribution in [0.2, 0.25) is 0 Å². The van der Waals surface area contributed by atoms with Crippen LogP contribution in [-0.2, 0) is 6.54 Å². The molecule has 1 saturated carbocycles. The van der Waals surface area contributed by atoms with Gasteiger partial charge in [-0.05, 0) is 37.5 Å². The molecule has 0 spiro atoms. The maximum Gasteiger partial charge on any atom is 0.123 e. The molecule has 1 aliphatic heterocycles. The predicted molar refractivity (Wildman–Crippen MR) is 104 cm³/mol. The molecule has 0 bridgehead atoms. The van der Waals surface area contributed by atoms with Gasteiger partial charge in [-0.3, -0.25) is 9.80 Å². The number of piperazine rings is 1. The van der Waals surface area contributed by atoms with E-state index in [4.69, 9.17) is 9.47 Å². The van der Waals surface area contributed by atoms with Gasteiger partial charge in [0.05, 0.1) is 14.2 Å². The Labute approximate surface area is 157 Å². The number of rotatable bonds is 7. The second-order valence-electron chi connectivity index (χ2n) is 7.61. The summed E-state index contributed by atoms with van der Waals surface area (Å²) in [5, 5.41) is 9.58. The fourth-order valence-corrected chi connectivity index (χ4v) is 4.62. The van der Waals surface area contributed by atoms with E-state index in [-0.39, 0.29) is 6.61 Å². The average Bonchev–Trinajstić information content (AvgIpc) is 2.69. The molecule has 1 N–H and O–H groups in total. The standard InChI is InChI=1S/C21H34N2O3/c1-25-20-8-9-21(26-2)17(14-20)15-22-11-12-23(19(16-22)10-13-24)18-6-4-3-5-7-18/h8-9,14,18-19,24H,3-7,10-13,15-16H2,1-2H3/t19-/m1/s1. The summed E-state index contributed by atoms with van der Waals surface area (Å²) < 4.78 is 10.9. The van der Waals surface area contributed by atoms with Crippen LogP contribution in [0.25, 0.3) is 0 Å². The molecule has 26 heavy (non-hydrogen) atoms. The van der Waals surface area contributed by atoms with Crippen molar-refractivity contribution in [1.82, 2.24) is 9.80 Å². The highest BCUT2D eigenvalue weighted by Crippen LogP contribution is 2.29. The van der Waals surface area contributed by atoms with Gasteiger partial charge in [0.25, 0.3) is 0 Å². The molecule has 1 heterocycles. The normalized spacial score (nSPS) is 23.1. The van der Waals surface area contributed by atoms with Crippen molar-refractivity contribution in [2.45, 2.75) is 57.2 Å². The summed E-state index contributed by atoms with van der Waals surface area (Å²) in [5.41, 5.74) is 1.17. The Bertz CT molecular complexity index is 560. The summed E-state index contributed by atoms with van der Waals surface area (Å²) in [6.45, 7) is 4.31. The summed E-state index contributed by atoms with van der Waals surface area (Å²) in [5.74, 6) is 1.78. The minimum Gasteiger partial charge on any atom is -0.497 e. The van der Waals surface area contributed by atoms with Gasteiger partial charge >= 0.3 is 0 Å². The van der Waals surface area contributed by atoms with Crippen LogP contribution in [0.5, 0.6) is 11.5 Å². The first-order valence-corrected chi connectivity index (χ1v) is 10.0. The van der Waals surface area contributed by atoms with Gasteiger partial charge in [0.1, 0.15) is 11.5 Å². The number of hydrogen-bond donors (Lipinski definition) is 1. The largest absolute Gasteiger partial charge is 0.497 e. The molecule has 0 aromatic heterocycles. The SMILES string of the molecule is COc1ccc(OC)c(CN2CCN(C3CCCCC3)[C@H](CCO)C2)c1. The zero-order valence-electron chi connectivity index (χ0n) is 16.3. The van der Waals surface area contributed by atoms with Gasteiger partial charge in [-0.2, -0.15) is 0 Å². The van der Waals surface area contributed by atoms with Crippen LogP contribution < -0.4 is 9.47 Å². The van der Waals surface area contributed by atoms with Gasteiger partial charge in [-0.15, -0.1) is 0 Å². The summed E-state index contributed by atoms with van der Waals surface area (Å²) >= 11 is 0. The first kappa shape index (κ1) is 19.5. The zero-order valence-corrected chi connectivity index (χ0v) is 16.3. The van der Waals surface area contributed by atoms with Gasteiger partial charge < -0.3 is 14.6 Å². The topological polar surface area (TPSA) is 45.2 Å². The Morgan fingerprint density at radius 1 is 1.08 bits per heavy atom. The first-order chi connectivity index (χ1) is 12.7. The predicted octanol–water partition coefficient (Wildman–Crippen LogP) is 2.91. The third kappa shape index (κ3) is 4.70. The van der Waals surface area contributed by atoms with Crippen molar-refractivity contribution in [3.05, 3.63) is 23.8 Å². The molecule has 0 amide bonds. The quantitative estimate of drug-likeness (QED) is 0.808. The number of methoxy groups -OCH3 is 2. The van der Waals surface area contributed by atoms with Crippen LogP contribution >= 0.6 is 0 Å². The second kappa shape index (κ2) is 9.58. The highest BCUT2D eigenvalue weighted by molar-refractivity contribution is 5.40. The molecule has 1 aromatic rings. The number of aliphatic hydroxyl groups excluding tert-OH is 1. The Kier molecular flexibility index (Phi) is 7.17. The lowest BCUT2D eigenvalue weighted by Gasteiger charge is -2.46. The van der Waals surface area contributed by atoms with Crippen LogP contribution in [0, 0.1) is 0 Å². The highest BCUT2D eigenvalue weighted by atomic mass is 16.5. The maximum atomic E-state index is 9.58. The van der Waals surface area contributed by atoms with E-state index < -0.39 is 0 Å². The number of nitrogens with zero attached hydrogens (tertiary/aromatic N) is 2.